The third-order valence-corrected chi connectivity index (χ3v) is 5.66. The van der Waals surface area contributed by atoms with Crippen molar-refractivity contribution in [2.75, 3.05) is 16.8 Å². The molecule has 1 saturated heterocycles. The Morgan fingerprint density at radius 3 is 2.87 bits per heavy atom. The molecule has 7 heteroatoms. The lowest BCUT2D eigenvalue weighted by atomic mass is 10.0. The van der Waals surface area contributed by atoms with Gasteiger partial charge in [0.25, 0.3) is 0 Å². The van der Waals surface area contributed by atoms with Crippen molar-refractivity contribution in [3.05, 3.63) is 66.6 Å². The molecule has 1 unspecified atom stereocenters. The molecule has 0 bridgehead atoms. The quantitative estimate of drug-likeness (QED) is 0.527. The topological polar surface area (TPSA) is 78.6 Å². The molecule has 1 aliphatic rings. The number of hydrogen-bond acceptors (Lipinski definition) is 6. The molecule has 0 radical (unpaired) electrons. The molecule has 1 aliphatic heterocycles. The van der Waals surface area contributed by atoms with Crippen molar-refractivity contribution < 1.29 is 5.11 Å². The second-order valence-electron chi connectivity index (χ2n) is 7.72. The van der Waals surface area contributed by atoms with Gasteiger partial charge in [0.15, 0.2) is 5.65 Å². The zero-order valence-electron chi connectivity index (χ0n) is 16.9. The minimum atomic E-state index is 0.0101. The molecule has 152 valence electrons. The summed E-state index contributed by atoms with van der Waals surface area (Å²) in [6, 6.07) is 16.5. The summed E-state index contributed by atoms with van der Waals surface area (Å²) in [6.45, 7) is 3.30. The van der Waals surface area contributed by atoms with E-state index >= 15 is 0 Å². The van der Waals surface area contributed by atoms with Crippen LogP contribution >= 0.6 is 0 Å². The Morgan fingerprint density at radius 2 is 2.03 bits per heavy atom. The molecule has 1 aromatic carbocycles. The van der Waals surface area contributed by atoms with Crippen LogP contribution in [0.3, 0.4) is 0 Å². The zero-order valence-corrected chi connectivity index (χ0v) is 16.9. The number of rotatable bonds is 5. The number of pyridine rings is 2. The van der Waals surface area contributed by atoms with Gasteiger partial charge in [-0.05, 0) is 55.2 Å². The van der Waals surface area contributed by atoms with Crippen LogP contribution in [0.15, 0.2) is 61.1 Å². The first-order valence-electron chi connectivity index (χ1n) is 10.3. The first-order chi connectivity index (χ1) is 14.7. The fourth-order valence-corrected chi connectivity index (χ4v) is 4.09. The lowest BCUT2D eigenvalue weighted by molar-refractivity contribution is 0.282. The van der Waals surface area contributed by atoms with Gasteiger partial charge in [-0.1, -0.05) is 24.3 Å². The molecular formula is C23H24N6O. The first kappa shape index (κ1) is 18.6. The van der Waals surface area contributed by atoms with Crippen molar-refractivity contribution in [2.45, 2.75) is 32.4 Å². The van der Waals surface area contributed by atoms with Gasteiger partial charge in [0, 0.05) is 24.3 Å². The van der Waals surface area contributed by atoms with Crippen LogP contribution in [-0.2, 0) is 6.61 Å². The third kappa shape index (κ3) is 3.48. The highest BCUT2D eigenvalue weighted by Gasteiger charge is 2.21. The van der Waals surface area contributed by atoms with Gasteiger partial charge in [-0.3, -0.25) is 0 Å². The summed E-state index contributed by atoms with van der Waals surface area (Å²) in [7, 11) is 0. The van der Waals surface area contributed by atoms with E-state index in [0.717, 1.165) is 46.2 Å². The van der Waals surface area contributed by atoms with E-state index in [-0.39, 0.29) is 6.61 Å². The van der Waals surface area contributed by atoms with Gasteiger partial charge in [0.05, 0.1) is 12.3 Å². The maximum absolute atomic E-state index is 9.48. The molecule has 2 N–H and O–H groups in total. The predicted octanol–water partition coefficient (Wildman–Crippen LogP) is 4.02. The van der Waals surface area contributed by atoms with Crippen molar-refractivity contribution in [1.29, 1.82) is 0 Å². The third-order valence-electron chi connectivity index (χ3n) is 5.66. The van der Waals surface area contributed by atoms with E-state index in [1.165, 1.54) is 12.8 Å². The highest BCUT2D eigenvalue weighted by Crippen LogP contribution is 2.29. The van der Waals surface area contributed by atoms with Gasteiger partial charge in [-0.15, -0.1) is 0 Å². The number of aromatic nitrogens is 4. The van der Waals surface area contributed by atoms with Crippen LogP contribution in [0.4, 0.5) is 17.3 Å². The van der Waals surface area contributed by atoms with Crippen molar-refractivity contribution in [3.8, 4) is 11.1 Å². The number of nitrogens with zero attached hydrogens (tertiary/aromatic N) is 5. The monoisotopic (exact) mass is 400 g/mol. The maximum Gasteiger partial charge on any atom is 0.178 e. The molecule has 4 heterocycles. The Morgan fingerprint density at radius 1 is 1.13 bits per heavy atom. The molecule has 0 saturated carbocycles. The molecule has 30 heavy (non-hydrogen) atoms. The van der Waals surface area contributed by atoms with Crippen molar-refractivity contribution in [2.24, 2.45) is 0 Å². The lowest BCUT2D eigenvalue weighted by Gasteiger charge is -2.23. The Labute approximate surface area is 175 Å². The number of aliphatic hydroxyl groups is 1. The zero-order chi connectivity index (χ0) is 20.5. The van der Waals surface area contributed by atoms with Crippen LogP contribution in [0.25, 0.3) is 16.8 Å². The molecule has 7 nitrogen and oxygen atoms in total. The van der Waals surface area contributed by atoms with Crippen molar-refractivity contribution in [1.82, 2.24) is 19.6 Å². The van der Waals surface area contributed by atoms with Gasteiger partial charge in [0.2, 0.25) is 0 Å². The van der Waals surface area contributed by atoms with Gasteiger partial charge in [-0.2, -0.15) is 5.10 Å². The van der Waals surface area contributed by atoms with Crippen LogP contribution in [0.1, 0.15) is 25.3 Å². The van der Waals surface area contributed by atoms with E-state index in [1.807, 2.05) is 48.7 Å². The normalized spacial score (nSPS) is 16.3. The molecule has 1 fully saturated rings. The van der Waals surface area contributed by atoms with E-state index in [2.05, 4.69) is 33.3 Å². The number of aliphatic hydroxyl groups excluding tert-OH is 1. The summed E-state index contributed by atoms with van der Waals surface area (Å²) in [5, 5.41) is 17.2. The van der Waals surface area contributed by atoms with E-state index < -0.39 is 0 Å². The van der Waals surface area contributed by atoms with E-state index in [0.29, 0.717) is 6.04 Å². The van der Waals surface area contributed by atoms with Gasteiger partial charge in [0.1, 0.15) is 18.0 Å². The summed E-state index contributed by atoms with van der Waals surface area (Å²) in [5.74, 6) is 1.77. The summed E-state index contributed by atoms with van der Waals surface area (Å²) in [4.78, 5) is 11.6. The van der Waals surface area contributed by atoms with Crippen LogP contribution in [-0.4, -0.2) is 37.3 Å². The summed E-state index contributed by atoms with van der Waals surface area (Å²) >= 11 is 0. The second-order valence-corrected chi connectivity index (χ2v) is 7.72. The predicted molar refractivity (Wildman–Crippen MR) is 118 cm³/mol. The average Bonchev–Trinajstić information content (AvgIpc) is 3.43. The van der Waals surface area contributed by atoms with Crippen LogP contribution in [0.5, 0.6) is 0 Å². The Balaban J connectivity index is 1.52. The number of fused-ring (bicyclic) bond motifs is 1. The number of benzene rings is 1. The Hall–Kier alpha value is -3.45. The molecule has 0 amide bonds. The first-order valence-corrected chi connectivity index (χ1v) is 10.3. The Kier molecular flexibility index (Phi) is 4.80. The summed E-state index contributed by atoms with van der Waals surface area (Å²) in [6.07, 6.45) is 5.90. The van der Waals surface area contributed by atoms with Gasteiger partial charge < -0.3 is 15.3 Å². The Bertz CT molecular complexity index is 1190. The van der Waals surface area contributed by atoms with Crippen LogP contribution < -0.4 is 10.2 Å². The van der Waals surface area contributed by atoms with Crippen molar-refractivity contribution in [3.63, 3.8) is 0 Å². The molecule has 1 atom stereocenters. The molecule has 3 aromatic heterocycles. The highest BCUT2D eigenvalue weighted by molar-refractivity contribution is 5.79. The molecule has 0 aliphatic carbocycles. The van der Waals surface area contributed by atoms with Gasteiger partial charge >= 0.3 is 0 Å². The maximum atomic E-state index is 9.48. The van der Waals surface area contributed by atoms with Crippen LogP contribution in [0, 0.1) is 0 Å². The second kappa shape index (κ2) is 7.76. The van der Waals surface area contributed by atoms with Gasteiger partial charge in [-0.25, -0.2) is 14.5 Å². The van der Waals surface area contributed by atoms with E-state index in [9.17, 15) is 5.11 Å². The summed E-state index contributed by atoms with van der Waals surface area (Å²) in [5.41, 5.74) is 4.43. The highest BCUT2D eigenvalue weighted by atomic mass is 16.3. The van der Waals surface area contributed by atoms with Crippen molar-refractivity contribution >= 4 is 23.0 Å². The standard InChI is InChI=1S/C23H24N6O/c1-16-5-4-10-28(16)22-9-3-8-21(27-22)26-20-12-19(13-29-23(20)24-15-25-29)18-7-2-6-17(11-18)14-30/h2-3,6-9,11-13,15-16,30H,4-5,10,14H2,1H3,(H,26,27). The van der Waals surface area contributed by atoms with Crippen LogP contribution in [0.2, 0.25) is 0 Å². The fraction of sp³-hybridized carbons (Fsp3) is 0.261. The molecular weight excluding hydrogens is 376 g/mol. The largest absolute Gasteiger partial charge is 0.392 e. The minimum Gasteiger partial charge on any atom is -0.392 e. The fourth-order valence-electron chi connectivity index (χ4n) is 4.09. The molecule has 0 spiro atoms. The van der Waals surface area contributed by atoms with E-state index in [4.69, 9.17) is 4.98 Å². The SMILES string of the molecule is CC1CCCN1c1cccc(Nc2cc(-c3cccc(CO)c3)cn3ncnc23)n1. The minimum absolute atomic E-state index is 0.0101. The molecule has 4 aromatic rings. The number of anilines is 3. The average molecular weight is 400 g/mol. The number of nitrogens with one attached hydrogen (secondary N) is 1. The molecule has 5 rings (SSSR count). The number of hydrogen-bond donors (Lipinski definition) is 2. The van der Waals surface area contributed by atoms with E-state index in [1.54, 1.807) is 10.8 Å². The summed E-state index contributed by atoms with van der Waals surface area (Å²) < 4.78 is 1.76. The lowest BCUT2D eigenvalue weighted by Crippen LogP contribution is -2.27. The smallest absolute Gasteiger partial charge is 0.178 e.